The summed E-state index contributed by atoms with van der Waals surface area (Å²) in [5, 5.41) is 7.09. The predicted molar refractivity (Wildman–Crippen MR) is 260 cm³/mol. The number of benzene rings is 10. The molecule has 0 amide bonds. The molecule has 1 aliphatic rings. The maximum absolute atomic E-state index is 6.57. The van der Waals surface area contributed by atoms with Crippen LogP contribution in [0.4, 0.5) is 22.7 Å². The van der Waals surface area contributed by atoms with Gasteiger partial charge in [-0.25, -0.2) is 0 Å². The topological polar surface area (TPSA) is 28.7 Å². The van der Waals surface area contributed by atoms with Gasteiger partial charge in [0.1, 0.15) is 11.2 Å². The van der Waals surface area contributed by atoms with Crippen molar-refractivity contribution in [2.45, 2.75) is 26.0 Å². The highest BCUT2D eigenvalue weighted by atomic mass is 32.3. The van der Waals surface area contributed by atoms with Gasteiger partial charge in [0.15, 0.2) is 0 Å². The Bertz CT molecular complexity index is 3390. The summed E-state index contributed by atoms with van der Waals surface area (Å²) in [6, 6.07) is 83.8. The first-order chi connectivity index (χ1) is 30.7. The van der Waals surface area contributed by atoms with Gasteiger partial charge >= 0.3 is 0 Å². The van der Waals surface area contributed by atoms with Gasteiger partial charge in [-0.05, 0) is 112 Å². The van der Waals surface area contributed by atoms with E-state index in [9.17, 15) is 0 Å². The van der Waals surface area contributed by atoms with E-state index in [4.69, 9.17) is 9.41 Å². The van der Waals surface area contributed by atoms with Crippen LogP contribution < -0.4 is 4.90 Å². The Morgan fingerprint density at radius 3 is 1.71 bits per heavy atom. The first-order valence-corrected chi connectivity index (χ1v) is 22.8. The lowest BCUT2D eigenvalue weighted by Crippen LogP contribution is -2.12. The van der Waals surface area contributed by atoms with E-state index in [1.54, 1.807) is 0 Å². The molecule has 11 aromatic rings. The maximum Gasteiger partial charge on any atom is 0.137 e. The van der Waals surface area contributed by atoms with Crippen molar-refractivity contribution in [1.82, 2.24) is 0 Å². The summed E-state index contributed by atoms with van der Waals surface area (Å²) >= 11 is 0. The Morgan fingerprint density at radius 2 is 0.984 bits per heavy atom. The van der Waals surface area contributed by atoms with Gasteiger partial charge in [-0.15, -0.1) is 10.0 Å². The summed E-state index contributed by atoms with van der Waals surface area (Å²) in [4.78, 5) is 12.7. The van der Waals surface area contributed by atoms with Crippen molar-refractivity contribution in [2.75, 3.05) is 4.90 Å². The van der Waals surface area contributed by atoms with Gasteiger partial charge in [-0.1, -0.05) is 140 Å². The zero-order chi connectivity index (χ0) is 41.0. The molecule has 0 bridgehead atoms. The molecule has 62 heavy (non-hydrogen) atoms. The summed E-state index contributed by atoms with van der Waals surface area (Å²) in [5.74, 6) is 0. The van der Waals surface area contributed by atoms with Crippen LogP contribution in [0.15, 0.2) is 260 Å². The van der Waals surface area contributed by atoms with Crippen molar-refractivity contribution >= 4 is 82.0 Å². The van der Waals surface area contributed by atoms with Gasteiger partial charge in [0.25, 0.3) is 0 Å². The van der Waals surface area contributed by atoms with Crippen molar-refractivity contribution in [2.24, 2.45) is 4.99 Å². The quantitative estimate of drug-likeness (QED) is 0.143. The van der Waals surface area contributed by atoms with E-state index in [2.05, 4.69) is 229 Å². The molecule has 0 aliphatic carbocycles. The van der Waals surface area contributed by atoms with Crippen molar-refractivity contribution in [3.05, 3.63) is 242 Å². The van der Waals surface area contributed by atoms with Crippen LogP contribution in [0.5, 0.6) is 0 Å². The van der Waals surface area contributed by atoms with Crippen LogP contribution in [0.25, 0.3) is 43.5 Å². The van der Waals surface area contributed by atoms with E-state index in [0.717, 1.165) is 56.8 Å². The molecule has 0 saturated carbocycles. The zero-order valence-electron chi connectivity index (χ0n) is 33.9. The Hall–Kier alpha value is -7.66. The molecule has 0 saturated heterocycles. The average Bonchev–Trinajstić information content (AvgIpc) is 3.95. The number of hydrogen-bond acceptors (Lipinski definition) is 3. The number of rotatable bonds is 8. The summed E-state index contributed by atoms with van der Waals surface area (Å²) in [5.41, 5.74) is 9.54. The molecule has 2 heterocycles. The maximum atomic E-state index is 6.57. The van der Waals surface area contributed by atoms with Crippen molar-refractivity contribution in [3.63, 3.8) is 0 Å². The largest absolute Gasteiger partial charge is 0.456 e. The van der Waals surface area contributed by atoms with E-state index in [-0.39, 0.29) is 0 Å². The zero-order valence-corrected chi connectivity index (χ0v) is 34.7. The molecule has 0 unspecified atom stereocenters. The summed E-state index contributed by atoms with van der Waals surface area (Å²) < 4.78 is 6.57. The molecule has 0 N–H and O–H groups in total. The molecule has 294 valence electrons. The lowest BCUT2D eigenvalue weighted by atomic mass is 9.93. The number of furan rings is 1. The van der Waals surface area contributed by atoms with Crippen LogP contribution in [0.2, 0.25) is 0 Å². The normalized spacial score (nSPS) is 12.8. The molecule has 0 atom stereocenters. The van der Waals surface area contributed by atoms with Gasteiger partial charge in [0.2, 0.25) is 0 Å². The van der Waals surface area contributed by atoms with Crippen LogP contribution in [0.3, 0.4) is 0 Å². The third kappa shape index (κ3) is 5.79. The second-order valence-electron chi connectivity index (χ2n) is 15.9. The number of fused-ring (bicyclic) bond motifs is 8. The van der Waals surface area contributed by atoms with Crippen molar-refractivity contribution < 1.29 is 4.42 Å². The molecule has 1 aliphatic heterocycles. The fourth-order valence-electron chi connectivity index (χ4n) is 9.64. The van der Waals surface area contributed by atoms with Crippen LogP contribution in [-0.2, 0) is 6.42 Å². The molecule has 10 aromatic carbocycles. The van der Waals surface area contributed by atoms with Gasteiger partial charge in [0, 0.05) is 59.6 Å². The molecule has 0 radical (unpaired) electrons. The van der Waals surface area contributed by atoms with Crippen LogP contribution in [-0.4, -0.2) is 5.71 Å². The van der Waals surface area contributed by atoms with Crippen molar-refractivity contribution in [1.29, 1.82) is 0 Å². The average molecular weight is 813 g/mol. The number of hydrogen-bond donors (Lipinski definition) is 0. The van der Waals surface area contributed by atoms with Crippen LogP contribution in [0, 0.1) is 0 Å². The summed E-state index contributed by atoms with van der Waals surface area (Å²) in [7, 11) is -1.95. The molecular formula is C58H40N2OS. The lowest BCUT2D eigenvalue weighted by molar-refractivity contribution is 0.669. The first kappa shape index (κ1) is 36.2. The monoisotopic (exact) mass is 812 g/mol. The van der Waals surface area contributed by atoms with Crippen LogP contribution >= 0.6 is 10.0 Å². The van der Waals surface area contributed by atoms with Crippen LogP contribution in [0.1, 0.15) is 11.1 Å². The minimum atomic E-state index is -1.95. The SMILES string of the molecule is c1ccc(C2=Nc3ccc4ccc5c(N(c6cccc(S(c7ccccc7)(c7ccccc7)c7ccccc7)c6)c6ccc7c(c6)oc6ccccc67)cccc5c4c3C2)cc1. The molecule has 1 aromatic heterocycles. The molecule has 0 fully saturated rings. The highest BCUT2D eigenvalue weighted by Gasteiger charge is 2.34. The number of anilines is 3. The fourth-order valence-corrected chi connectivity index (χ4v) is 13.6. The van der Waals surface area contributed by atoms with Gasteiger partial charge < -0.3 is 9.32 Å². The standard InChI is InChI=1S/C58H40N2OS/c1-5-17-40(18-6-1)54-39-52-53(59-54)36-32-41-31-34-48-51(58(41)52)28-16-29-55(48)60(43-33-35-50-49-27-13-14-30-56(49)61-57(50)38-43)42-19-15-26-47(37-42)62(44-20-7-2-8-21-44,45-22-9-3-10-23-45)46-24-11-4-12-25-46/h1-38H,39H2. The Kier molecular flexibility index (Phi) is 8.65. The third-order valence-corrected chi connectivity index (χ3v) is 16.3. The van der Waals surface area contributed by atoms with E-state index < -0.39 is 10.0 Å². The third-order valence-electron chi connectivity index (χ3n) is 12.4. The van der Waals surface area contributed by atoms with E-state index in [0.29, 0.717) is 0 Å². The van der Waals surface area contributed by atoms with Crippen molar-refractivity contribution in [3.8, 4) is 0 Å². The molecule has 4 heteroatoms. The lowest BCUT2D eigenvalue weighted by Gasteiger charge is -2.42. The Balaban J connectivity index is 1.11. The predicted octanol–water partition coefficient (Wildman–Crippen LogP) is 16.4. The fraction of sp³-hybridized carbons (Fsp3) is 0.0172. The highest BCUT2D eigenvalue weighted by molar-refractivity contribution is 8.34. The summed E-state index contributed by atoms with van der Waals surface area (Å²) in [6.07, 6.45) is 0.790. The highest BCUT2D eigenvalue weighted by Crippen LogP contribution is 2.73. The van der Waals surface area contributed by atoms with E-state index in [1.807, 2.05) is 6.07 Å². The van der Waals surface area contributed by atoms with E-state index in [1.165, 1.54) is 52.3 Å². The van der Waals surface area contributed by atoms with Gasteiger partial charge in [-0.3, -0.25) is 4.99 Å². The van der Waals surface area contributed by atoms with E-state index >= 15 is 0 Å². The second-order valence-corrected chi connectivity index (χ2v) is 19.0. The number of nitrogens with zero attached hydrogens (tertiary/aromatic N) is 2. The molecule has 12 rings (SSSR count). The Labute approximate surface area is 362 Å². The number of aliphatic imine (C=N–C) groups is 1. The molecule has 0 spiro atoms. The molecule has 3 nitrogen and oxygen atoms in total. The van der Waals surface area contributed by atoms with Gasteiger partial charge in [0.05, 0.1) is 17.1 Å². The minimum absolute atomic E-state index is 0.790. The Morgan fingerprint density at radius 1 is 0.419 bits per heavy atom. The summed E-state index contributed by atoms with van der Waals surface area (Å²) in [6.45, 7) is 0. The smallest absolute Gasteiger partial charge is 0.137 e. The second kappa shape index (κ2) is 14.8. The first-order valence-electron chi connectivity index (χ1n) is 21.1. The number of para-hydroxylation sites is 1. The minimum Gasteiger partial charge on any atom is -0.456 e. The molecular weight excluding hydrogens is 773 g/mol. The van der Waals surface area contributed by atoms with Gasteiger partial charge in [-0.2, -0.15) is 0 Å².